The summed E-state index contributed by atoms with van der Waals surface area (Å²) in [5.74, 6) is 0.479. The van der Waals surface area contributed by atoms with Crippen LogP contribution in [0.4, 0.5) is 5.82 Å². The molecule has 0 radical (unpaired) electrons. The summed E-state index contributed by atoms with van der Waals surface area (Å²) in [7, 11) is 0. The van der Waals surface area contributed by atoms with Crippen molar-refractivity contribution in [1.82, 2.24) is 19.4 Å². The van der Waals surface area contributed by atoms with Crippen molar-refractivity contribution in [2.24, 2.45) is 0 Å². The number of nitrogens with two attached hydrogens (primary N) is 1. The number of aliphatic hydroxyl groups is 1. The van der Waals surface area contributed by atoms with E-state index in [2.05, 4.69) is 15.0 Å². The Balaban J connectivity index is 1.82. The second-order valence-corrected chi connectivity index (χ2v) is 5.47. The Morgan fingerprint density at radius 3 is 2.38 bits per heavy atom. The fourth-order valence-corrected chi connectivity index (χ4v) is 2.59. The van der Waals surface area contributed by atoms with Gasteiger partial charge in [-0.15, -0.1) is 0 Å². The molecule has 0 aliphatic heterocycles. The summed E-state index contributed by atoms with van der Waals surface area (Å²) in [6.45, 7) is 0.0334. The van der Waals surface area contributed by atoms with Gasteiger partial charge in [0.2, 0.25) is 0 Å². The van der Waals surface area contributed by atoms with Gasteiger partial charge in [-0.3, -0.25) is 9.38 Å². The lowest BCUT2D eigenvalue weighted by Gasteiger charge is -2.06. The maximum atomic E-state index is 9.17. The molecule has 0 saturated carbocycles. The third kappa shape index (κ3) is 2.49. The number of benzene rings is 1. The van der Waals surface area contributed by atoms with Crippen LogP contribution in [-0.2, 0) is 6.61 Å². The summed E-state index contributed by atoms with van der Waals surface area (Å²) in [6, 6.07) is 11.4. The first-order valence-corrected chi connectivity index (χ1v) is 7.50. The van der Waals surface area contributed by atoms with E-state index in [9.17, 15) is 5.11 Å². The van der Waals surface area contributed by atoms with Gasteiger partial charge < -0.3 is 10.8 Å². The zero-order chi connectivity index (χ0) is 16.5. The highest BCUT2D eigenvalue weighted by atomic mass is 16.3. The highest BCUT2D eigenvalue weighted by molar-refractivity contribution is 5.66. The molecule has 0 unspecified atom stereocenters. The minimum Gasteiger partial charge on any atom is -0.392 e. The molecule has 4 rings (SSSR count). The smallest absolute Gasteiger partial charge is 0.155 e. The Hall–Kier alpha value is -3.25. The van der Waals surface area contributed by atoms with E-state index >= 15 is 0 Å². The van der Waals surface area contributed by atoms with E-state index in [1.807, 2.05) is 47.1 Å². The molecule has 0 aliphatic carbocycles. The molecule has 0 spiro atoms. The molecule has 1 aromatic carbocycles. The molecule has 3 aromatic heterocycles. The van der Waals surface area contributed by atoms with Crippen molar-refractivity contribution in [3.05, 3.63) is 66.7 Å². The number of imidazole rings is 1. The number of pyridine rings is 1. The molecule has 0 fully saturated rings. The predicted molar refractivity (Wildman–Crippen MR) is 92.0 cm³/mol. The molecule has 0 amide bonds. The van der Waals surface area contributed by atoms with E-state index in [0.717, 1.165) is 33.7 Å². The van der Waals surface area contributed by atoms with Crippen molar-refractivity contribution in [2.75, 3.05) is 5.73 Å². The highest BCUT2D eigenvalue weighted by Crippen LogP contribution is 2.24. The Labute approximate surface area is 138 Å². The quantitative estimate of drug-likeness (QED) is 0.606. The van der Waals surface area contributed by atoms with E-state index in [-0.39, 0.29) is 6.61 Å². The summed E-state index contributed by atoms with van der Waals surface area (Å²) in [4.78, 5) is 13.0. The highest BCUT2D eigenvalue weighted by Gasteiger charge is 2.09. The number of fused-ring (bicyclic) bond motifs is 1. The van der Waals surface area contributed by atoms with Gasteiger partial charge in [-0.2, -0.15) is 0 Å². The Morgan fingerprint density at radius 2 is 1.67 bits per heavy atom. The van der Waals surface area contributed by atoms with E-state index in [0.29, 0.717) is 5.82 Å². The third-order valence-corrected chi connectivity index (χ3v) is 3.91. The largest absolute Gasteiger partial charge is 0.392 e. The maximum absolute atomic E-state index is 9.17. The summed E-state index contributed by atoms with van der Waals surface area (Å²) >= 11 is 0. The van der Waals surface area contributed by atoms with Crippen molar-refractivity contribution in [2.45, 2.75) is 6.61 Å². The van der Waals surface area contributed by atoms with E-state index in [1.165, 1.54) is 0 Å². The Kier molecular flexibility index (Phi) is 3.44. The number of anilines is 1. The lowest BCUT2D eigenvalue weighted by Crippen LogP contribution is -1.94. The van der Waals surface area contributed by atoms with Gasteiger partial charge in [-0.25, -0.2) is 9.97 Å². The molecule has 6 heteroatoms. The first kappa shape index (κ1) is 14.3. The van der Waals surface area contributed by atoms with Gasteiger partial charge in [0, 0.05) is 23.5 Å². The van der Waals surface area contributed by atoms with Crippen LogP contribution < -0.4 is 5.73 Å². The van der Waals surface area contributed by atoms with Gasteiger partial charge in [-0.05, 0) is 17.7 Å². The topological polar surface area (TPSA) is 89.3 Å². The van der Waals surface area contributed by atoms with Gasteiger partial charge in [0.05, 0.1) is 30.4 Å². The number of hydrogen-bond donors (Lipinski definition) is 2. The summed E-state index contributed by atoms with van der Waals surface area (Å²) in [6.07, 6.45) is 7.19. The molecule has 0 aliphatic rings. The van der Waals surface area contributed by atoms with Crippen LogP contribution in [0.2, 0.25) is 0 Å². The number of hydrogen-bond acceptors (Lipinski definition) is 5. The van der Waals surface area contributed by atoms with Crippen molar-refractivity contribution in [1.29, 1.82) is 0 Å². The maximum Gasteiger partial charge on any atom is 0.155 e. The third-order valence-electron chi connectivity index (χ3n) is 3.91. The Morgan fingerprint density at radius 1 is 0.875 bits per heavy atom. The first-order valence-electron chi connectivity index (χ1n) is 7.50. The lowest BCUT2D eigenvalue weighted by atomic mass is 10.1. The van der Waals surface area contributed by atoms with E-state index in [1.54, 1.807) is 18.5 Å². The minimum absolute atomic E-state index is 0.0334. The second kappa shape index (κ2) is 5.75. The van der Waals surface area contributed by atoms with Gasteiger partial charge in [0.15, 0.2) is 5.65 Å². The molecule has 118 valence electrons. The van der Waals surface area contributed by atoms with E-state index < -0.39 is 0 Å². The number of rotatable bonds is 3. The van der Waals surface area contributed by atoms with Crippen molar-refractivity contribution < 1.29 is 5.11 Å². The lowest BCUT2D eigenvalue weighted by molar-refractivity contribution is 0.282. The zero-order valence-electron chi connectivity index (χ0n) is 12.8. The van der Waals surface area contributed by atoms with Crippen LogP contribution in [0.25, 0.3) is 28.2 Å². The van der Waals surface area contributed by atoms with Gasteiger partial charge in [-0.1, -0.05) is 24.3 Å². The van der Waals surface area contributed by atoms with Crippen LogP contribution in [0.15, 0.2) is 61.2 Å². The molecule has 24 heavy (non-hydrogen) atoms. The fraction of sp³-hybridized carbons (Fsp3) is 0.0556. The zero-order valence-corrected chi connectivity index (χ0v) is 12.8. The average molecular weight is 317 g/mol. The van der Waals surface area contributed by atoms with Gasteiger partial charge in [0.25, 0.3) is 0 Å². The number of nitrogens with zero attached hydrogens (tertiary/aromatic N) is 4. The van der Waals surface area contributed by atoms with Crippen LogP contribution in [0.5, 0.6) is 0 Å². The molecule has 3 heterocycles. The number of aromatic nitrogens is 4. The summed E-state index contributed by atoms with van der Waals surface area (Å²) in [5.41, 5.74) is 10.9. The summed E-state index contributed by atoms with van der Waals surface area (Å²) < 4.78 is 1.99. The van der Waals surface area contributed by atoms with Crippen LogP contribution in [0, 0.1) is 0 Å². The van der Waals surface area contributed by atoms with Crippen molar-refractivity contribution >= 4 is 11.5 Å². The van der Waals surface area contributed by atoms with Gasteiger partial charge >= 0.3 is 0 Å². The molecule has 0 saturated heterocycles. The van der Waals surface area contributed by atoms with Crippen LogP contribution in [0.3, 0.4) is 0 Å². The van der Waals surface area contributed by atoms with Crippen molar-refractivity contribution in [3.63, 3.8) is 0 Å². The number of aliphatic hydroxyl groups excluding tert-OH is 1. The second-order valence-electron chi connectivity index (χ2n) is 5.47. The molecule has 0 bridgehead atoms. The Bertz CT molecular complexity index is 990. The fourth-order valence-electron chi connectivity index (χ4n) is 2.59. The average Bonchev–Trinajstić information content (AvgIpc) is 3.05. The molecular formula is C18H15N5O. The molecular weight excluding hydrogens is 302 g/mol. The summed E-state index contributed by atoms with van der Waals surface area (Å²) in [5, 5.41) is 9.17. The first-order chi connectivity index (χ1) is 11.7. The normalized spacial score (nSPS) is 11.0. The van der Waals surface area contributed by atoms with Crippen LogP contribution in [-0.4, -0.2) is 24.5 Å². The van der Waals surface area contributed by atoms with Crippen LogP contribution in [0.1, 0.15) is 5.56 Å². The monoisotopic (exact) mass is 317 g/mol. The SMILES string of the molecule is Nc1ccc(-c2cn3c(-c4ccc(CO)cc4)cnc3cn2)cn1. The van der Waals surface area contributed by atoms with E-state index in [4.69, 9.17) is 5.73 Å². The molecule has 6 nitrogen and oxygen atoms in total. The van der Waals surface area contributed by atoms with Gasteiger partial charge in [0.1, 0.15) is 5.82 Å². The molecule has 0 atom stereocenters. The minimum atomic E-state index is 0.0334. The van der Waals surface area contributed by atoms with Crippen molar-refractivity contribution in [3.8, 4) is 22.5 Å². The standard InChI is InChI=1S/C18H15N5O/c19-17-6-5-14(7-21-17)15-10-23-16(8-22-18(23)9-20-15)13-3-1-12(11-24)2-4-13/h1-10,24H,11H2,(H2,19,21). The molecule has 4 aromatic rings. The van der Waals surface area contributed by atoms with Crippen LogP contribution >= 0.6 is 0 Å². The predicted octanol–water partition coefficient (Wildman–Crippen LogP) is 2.53. The number of nitrogen functional groups attached to an aromatic ring is 1. The molecule has 3 N–H and O–H groups in total.